The van der Waals surface area contributed by atoms with Crippen molar-refractivity contribution >= 4 is 0 Å². The third kappa shape index (κ3) is 6.14. The molecule has 1 N–H and O–H groups in total. The van der Waals surface area contributed by atoms with Crippen molar-refractivity contribution in [3.05, 3.63) is 54.6 Å². The summed E-state index contributed by atoms with van der Waals surface area (Å²) in [4.78, 5) is 3.23. The highest BCUT2D eigenvalue weighted by molar-refractivity contribution is 5.15. The summed E-state index contributed by atoms with van der Waals surface area (Å²) in [7, 11) is 0. The second-order valence-corrected chi connectivity index (χ2v) is 7.04. The van der Waals surface area contributed by atoms with Gasteiger partial charge in [-0.05, 0) is 31.2 Å². The topological polar surface area (TPSA) is 19.7 Å². The van der Waals surface area contributed by atoms with Gasteiger partial charge in [-0.2, -0.15) is 0 Å². The van der Waals surface area contributed by atoms with Crippen molar-refractivity contribution in [1.29, 1.82) is 0 Å². The van der Waals surface area contributed by atoms with Gasteiger partial charge in [0.15, 0.2) is 0 Å². The van der Waals surface area contributed by atoms with E-state index in [-0.39, 0.29) is 0 Å². The van der Waals surface area contributed by atoms with Crippen LogP contribution in [-0.4, -0.2) is 4.98 Å². The fourth-order valence-corrected chi connectivity index (χ4v) is 3.74. The first kappa shape index (κ1) is 18.8. The largest absolute Gasteiger partial charge is 0.250 e. The molecule has 0 saturated carbocycles. The summed E-state index contributed by atoms with van der Waals surface area (Å²) < 4.78 is 2.41. The Kier molecular flexibility index (Phi) is 8.65. The summed E-state index contributed by atoms with van der Waals surface area (Å²) in [6.45, 7) is 4.63. The minimum absolute atomic E-state index is 0.604. The Hall–Kier alpha value is -1.57. The van der Waals surface area contributed by atoms with E-state index in [0.29, 0.717) is 12.0 Å². The zero-order valence-electron chi connectivity index (χ0n) is 15.6. The predicted molar refractivity (Wildman–Crippen MR) is 102 cm³/mol. The van der Waals surface area contributed by atoms with E-state index in [1.165, 1.54) is 63.4 Å². The Morgan fingerprint density at radius 1 is 0.958 bits per heavy atom. The average Bonchev–Trinajstić information content (AvgIpc) is 3.15. The molecule has 0 fully saturated rings. The maximum Gasteiger partial charge on any atom is 0.241 e. The van der Waals surface area contributed by atoms with Gasteiger partial charge < -0.3 is 0 Å². The molecular formula is C22H35N2+. The molecule has 0 amide bonds. The lowest BCUT2D eigenvalue weighted by molar-refractivity contribution is -0.730. The third-order valence-electron chi connectivity index (χ3n) is 5.21. The van der Waals surface area contributed by atoms with Crippen molar-refractivity contribution in [2.75, 3.05) is 0 Å². The molecule has 0 radical (unpaired) electrons. The van der Waals surface area contributed by atoms with Crippen LogP contribution in [0.1, 0.15) is 76.8 Å². The lowest BCUT2D eigenvalue weighted by Crippen LogP contribution is -2.42. The fraction of sp³-hybridized carbons (Fsp3) is 0.591. The highest BCUT2D eigenvalue weighted by Crippen LogP contribution is 2.26. The molecule has 132 valence electrons. The molecule has 2 unspecified atom stereocenters. The SMILES string of the molecule is CCCCCCCCC(C(CC)Cc1ccccc1)[n+]1cc[nH]c1. The average molecular weight is 328 g/mol. The summed E-state index contributed by atoms with van der Waals surface area (Å²) in [5, 5.41) is 0. The quantitative estimate of drug-likeness (QED) is 0.372. The van der Waals surface area contributed by atoms with Gasteiger partial charge in [-0.25, -0.2) is 4.57 Å². The maximum absolute atomic E-state index is 3.23. The van der Waals surface area contributed by atoms with E-state index >= 15 is 0 Å². The van der Waals surface area contributed by atoms with E-state index in [1.54, 1.807) is 0 Å². The smallest absolute Gasteiger partial charge is 0.241 e. The molecule has 1 heterocycles. The minimum atomic E-state index is 0.604. The van der Waals surface area contributed by atoms with E-state index in [1.807, 2.05) is 6.20 Å². The van der Waals surface area contributed by atoms with Gasteiger partial charge in [0, 0.05) is 5.92 Å². The van der Waals surface area contributed by atoms with Crippen LogP contribution < -0.4 is 4.57 Å². The first-order chi connectivity index (χ1) is 11.8. The lowest BCUT2D eigenvalue weighted by Gasteiger charge is -2.24. The van der Waals surface area contributed by atoms with Crippen molar-refractivity contribution in [2.24, 2.45) is 5.92 Å². The van der Waals surface area contributed by atoms with Gasteiger partial charge in [0.1, 0.15) is 18.4 Å². The van der Waals surface area contributed by atoms with Crippen molar-refractivity contribution in [1.82, 2.24) is 4.98 Å². The number of benzene rings is 1. The molecule has 0 aliphatic carbocycles. The summed E-state index contributed by atoms with van der Waals surface area (Å²) >= 11 is 0. The van der Waals surface area contributed by atoms with Crippen LogP contribution in [0.5, 0.6) is 0 Å². The number of hydrogen-bond acceptors (Lipinski definition) is 0. The molecule has 1 aromatic carbocycles. The Bertz CT molecular complexity index is 518. The van der Waals surface area contributed by atoms with Crippen molar-refractivity contribution in [3.63, 3.8) is 0 Å². The van der Waals surface area contributed by atoms with Gasteiger partial charge in [0.2, 0.25) is 6.33 Å². The Morgan fingerprint density at radius 3 is 2.38 bits per heavy atom. The number of unbranched alkanes of at least 4 members (excludes halogenated alkanes) is 5. The third-order valence-corrected chi connectivity index (χ3v) is 5.21. The molecule has 0 bridgehead atoms. The molecule has 2 aromatic rings. The van der Waals surface area contributed by atoms with E-state index in [2.05, 4.69) is 66.3 Å². The molecule has 0 saturated heterocycles. The molecular weight excluding hydrogens is 292 g/mol. The van der Waals surface area contributed by atoms with Crippen molar-refractivity contribution in [3.8, 4) is 0 Å². The first-order valence-electron chi connectivity index (χ1n) is 9.92. The summed E-state index contributed by atoms with van der Waals surface area (Å²) in [5.41, 5.74) is 1.47. The van der Waals surface area contributed by atoms with Gasteiger partial charge in [0.05, 0.1) is 0 Å². The molecule has 2 heteroatoms. The second-order valence-electron chi connectivity index (χ2n) is 7.04. The number of nitrogens with one attached hydrogen (secondary N) is 1. The van der Waals surface area contributed by atoms with Crippen LogP contribution in [0.25, 0.3) is 0 Å². The Balaban J connectivity index is 1.94. The van der Waals surface area contributed by atoms with E-state index in [0.717, 1.165) is 0 Å². The number of imidazole rings is 1. The molecule has 0 spiro atoms. The molecule has 2 atom stereocenters. The van der Waals surface area contributed by atoms with E-state index in [9.17, 15) is 0 Å². The summed E-state index contributed by atoms with van der Waals surface area (Å²) in [5.74, 6) is 0.698. The van der Waals surface area contributed by atoms with E-state index < -0.39 is 0 Å². The van der Waals surface area contributed by atoms with Crippen LogP contribution in [0.2, 0.25) is 0 Å². The zero-order valence-corrected chi connectivity index (χ0v) is 15.6. The van der Waals surface area contributed by atoms with Crippen molar-refractivity contribution < 1.29 is 4.57 Å². The fourth-order valence-electron chi connectivity index (χ4n) is 3.74. The Morgan fingerprint density at radius 2 is 1.71 bits per heavy atom. The molecule has 2 nitrogen and oxygen atoms in total. The van der Waals surface area contributed by atoms with Crippen molar-refractivity contribution in [2.45, 2.75) is 77.7 Å². The second kappa shape index (κ2) is 11.1. The van der Waals surface area contributed by atoms with Crippen LogP contribution in [0.4, 0.5) is 0 Å². The van der Waals surface area contributed by atoms with Crippen LogP contribution in [0, 0.1) is 5.92 Å². The van der Waals surface area contributed by atoms with E-state index in [4.69, 9.17) is 0 Å². The summed E-state index contributed by atoms with van der Waals surface area (Å²) in [6, 6.07) is 11.6. The normalized spacial score (nSPS) is 13.8. The standard InChI is InChI=1S/C22H34N2/c1-3-5-6-7-8-12-15-22(24-17-16-23-19-24)21(4-2)18-20-13-10-9-11-14-20/h9-11,13-14,16-17,19,21-22H,3-8,12,15,18H2,1-2H3/p+1. The van der Waals surface area contributed by atoms with Gasteiger partial charge in [-0.1, -0.05) is 76.3 Å². The minimum Gasteiger partial charge on any atom is -0.250 e. The molecule has 2 rings (SSSR count). The van der Waals surface area contributed by atoms with Gasteiger partial charge in [-0.3, -0.25) is 4.98 Å². The molecule has 24 heavy (non-hydrogen) atoms. The highest BCUT2D eigenvalue weighted by Gasteiger charge is 2.25. The molecule has 0 aliphatic heterocycles. The van der Waals surface area contributed by atoms with Crippen LogP contribution in [0.15, 0.2) is 49.1 Å². The highest BCUT2D eigenvalue weighted by atomic mass is 15.1. The number of hydrogen-bond donors (Lipinski definition) is 1. The lowest BCUT2D eigenvalue weighted by atomic mass is 9.86. The molecule has 1 aromatic heterocycles. The number of aromatic amines is 1. The predicted octanol–water partition coefficient (Wildman–Crippen LogP) is 5.86. The molecule has 0 aliphatic rings. The zero-order chi connectivity index (χ0) is 17.0. The number of nitrogens with zero attached hydrogens (tertiary/aromatic N) is 1. The van der Waals surface area contributed by atoms with Crippen LogP contribution in [-0.2, 0) is 6.42 Å². The number of H-pyrrole nitrogens is 1. The Labute approximate surface area is 148 Å². The monoisotopic (exact) mass is 327 g/mol. The van der Waals surface area contributed by atoms with Crippen LogP contribution in [0.3, 0.4) is 0 Å². The van der Waals surface area contributed by atoms with Crippen LogP contribution >= 0.6 is 0 Å². The van der Waals surface area contributed by atoms with Gasteiger partial charge in [0.25, 0.3) is 0 Å². The number of aromatic nitrogens is 2. The summed E-state index contributed by atoms with van der Waals surface area (Å²) in [6.07, 6.45) is 18.3. The van der Waals surface area contributed by atoms with Gasteiger partial charge in [-0.15, -0.1) is 0 Å². The first-order valence-corrected chi connectivity index (χ1v) is 9.92. The number of rotatable bonds is 12. The van der Waals surface area contributed by atoms with Gasteiger partial charge >= 0.3 is 0 Å². The maximum atomic E-state index is 3.23.